The number of ether oxygens (including phenoxy) is 2. The monoisotopic (exact) mass is 468 g/mol. The SMILES string of the molecule is CCOc1cc(/C=N/Nc2ccc([N+](=O)[O-])cc2[N+](=O)[O-])ccc1Oc1ccc([N+](=O)[O-])cn1. The summed E-state index contributed by atoms with van der Waals surface area (Å²) in [5.41, 5.74) is 1.93. The predicted octanol–water partition coefficient (Wildman–Crippen LogP) is 4.44. The van der Waals surface area contributed by atoms with Gasteiger partial charge >= 0.3 is 5.69 Å². The lowest BCUT2D eigenvalue weighted by Gasteiger charge is -2.11. The number of aromatic nitrogens is 1. The molecule has 174 valence electrons. The van der Waals surface area contributed by atoms with Crippen LogP contribution in [0, 0.1) is 30.3 Å². The number of hydrazone groups is 1. The Morgan fingerprint density at radius 3 is 2.29 bits per heavy atom. The molecule has 0 bridgehead atoms. The third-order valence-electron chi connectivity index (χ3n) is 4.20. The molecule has 0 saturated heterocycles. The first-order valence-electron chi connectivity index (χ1n) is 9.55. The molecule has 1 N–H and O–H groups in total. The fourth-order valence-electron chi connectivity index (χ4n) is 2.67. The van der Waals surface area contributed by atoms with Crippen molar-refractivity contribution in [1.82, 2.24) is 4.98 Å². The highest BCUT2D eigenvalue weighted by molar-refractivity contribution is 5.82. The number of pyridine rings is 1. The Balaban J connectivity index is 1.78. The van der Waals surface area contributed by atoms with Gasteiger partial charge in [-0.05, 0) is 36.8 Å². The Labute approximate surface area is 190 Å². The summed E-state index contributed by atoms with van der Waals surface area (Å²) in [6, 6.07) is 10.5. The Hall–Kier alpha value is -5.14. The third-order valence-corrected chi connectivity index (χ3v) is 4.20. The van der Waals surface area contributed by atoms with E-state index in [1.54, 1.807) is 25.1 Å². The van der Waals surface area contributed by atoms with E-state index in [2.05, 4.69) is 15.5 Å². The van der Waals surface area contributed by atoms with Crippen molar-refractivity contribution in [3.05, 3.63) is 90.6 Å². The van der Waals surface area contributed by atoms with Gasteiger partial charge in [0.1, 0.15) is 11.9 Å². The van der Waals surface area contributed by atoms with E-state index in [0.29, 0.717) is 23.7 Å². The van der Waals surface area contributed by atoms with Gasteiger partial charge in [0.2, 0.25) is 5.88 Å². The maximum Gasteiger partial charge on any atom is 0.301 e. The summed E-state index contributed by atoms with van der Waals surface area (Å²) in [6.07, 6.45) is 2.43. The molecule has 0 aliphatic rings. The van der Waals surface area contributed by atoms with E-state index in [1.165, 1.54) is 24.4 Å². The summed E-state index contributed by atoms with van der Waals surface area (Å²) in [4.78, 5) is 34.6. The molecule has 0 fully saturated rings. The molecule has 14 nitrogen and oxygen atoms in total. The number of hydrogen-bond donors (Lipinski definition) is 1. The van der Waals surface area contributed by atoms with Crippen LogP contribution in [0.2, 0.25) is 0 Å². The predicted molar refractivity (Wildman–Crippen MR) is 120 cm³/mol. The fraction of sp³-hybridized carbons (Fsp3) is 0.100. The fourth-order valence-corrected chi connectivity index (χ4v) is 2.67. The zero-order chi connectivity index (χ0) is 24.7. The van der Waals surface area contributed by atoms with Crippen LogP contribution in [0.4, 0.5) is 22.7 Å². The molecule has 14 heteroatoms. The van der Waals surface area contributed by atoms with Crippen molar-refractivity contribution in [3.8, 4) is 17.4 Å². The second kappa shape index (κ2) is 10.4. The number of nitro benzene ring substituents is 2. The summed E-state index contributed by atoms with van der Waals surface area (Å²) in [5.74, 6) is 0.771. The lowest BCUT2D eigenvalue weighted by atomic mass is 10.2. The van der Waals surface area contributed by atoms with Gasteiger partial charge in [0, 0.05) is 18.2 Å². The van der Waals surface area contributed by atoms with Crippen LogP contribution in [0.3, 0.4) is 0 Å². The van der Waals surface area contributed by atoms with E-state index in [1.807, 2.05) is 0 Å². The van der Waals surface area contributed by atoms with Crippen molar-refractivity contribution in [2.75, 3.05) is 12.0 Å². The Morgan fingerprint density at radius 2 is 1.68 bits per heavy atom. The minimum atomic E-state index is -0.754. The minimum absolute atomic E-state index is 0.0268. The molecular weight excluding hydrogens is 452 g/mol. The van der Waals surface area contributed by atoms with E-state index >= 15 is 0 Å². The van der Waals surface area contributed by atoms with Crippen molar-refractivity contribution in [3.63, 3.8) is 0 Å². The van der Waals surface area contributed by atoms with Crippen LogP contribution in [0.25, 0.3) is 0 Å². The molecule has 34 heavy (non-hydrogen) atoms. The molecule has 1 aromatic heterocycles. The van der Waals surface area contributed by atoms with E-state index in [0.717, 1.165) is 18.3 Å². The Bertz CT molecular complexity index is 1260. The normalized spacial score (nSPS) is 10.6. The minimum Gasteiger partial charge on any atom is -0.490 e. The van der Waals surface area contributed by atoms with E-state index in [-0.39, 0.29) is 17.3 Å². The highest BCUT2D eigenvalue weighted by Crippen LogP contribution is 2.32. The summed E-state index contributed by atoms with van der Waals surface area (Å²) in [7, 11) is 0. The van der Waals surface area contributed by atoms with Gasteiger partial charge in [0.15, 0.2) is 11.5 Å². The lowest BCUT2D eigenvalue weighted by molar-refractivity contribution is -0.393. The lowest BCUT2D eigenvalue weighted by Crippen LogP contribution is -1.99. The van der Waals surface area contributed by atoms with E-state index < -0.39 is 26.1 Å². The zero-order valence-electron chi connectivity index (χ0n) is 17.5. The number of anilines is 1. The molecule has 2 aromatic carbocycles. The number of benzene rings is 2. The molecule has 0 aliphatic heterocycles. The largest absolute Gasteiger partial charge is 0.490 e. The first-order valence-corrected chi connectivity index (χ1v) is 9.55. The molecule has 1 heterocycles. The number of nitrogens with zero attached hydrogens (tertiary/aromatic N) is 5. The second-order valence-electron chi connectivity index (χ2n) is 6.44. The summed E-state index contributed by atoms with van der Waals surface area (Å²) >= 11 is 0. The number of non-ortho nitro benzene ring substituents is 1. The molecule has 0 aliphatic carbocycles. The van der Waals surface area contributed by atoms with Crippen LogP contribution in [0.1, 0.15) is 12.5 Å². The summed E-state index contributed by atoms with van der Waals surface area (Å²) in [6.45, 7) is 2.09. The second-order valence-corrected chi connectivity index (χ2v) is 6.44. The molecule has 3 rings (SSSR count). The highest BCUT2D eigenvalue weighted by atomic mass is 16.6. The number of nitrogens with one attached hydrogen (secondary N) is 1. The van der Waals surface area contributed by atoms with Gasteiger partial charge in [-0.15, -0.1) is 0 Å². The van der Waals surface area contributed by atoms with Crippen LogP contribution >= 0.6 is 0 Å². The van der Waals surface area contributed by atoms with Crippen LogP contribution in [-0.4, -0.2) is 32.6 Å². The van der Waals surface area contributed by atoms with Crippen LogP contribution < -0.4 is 14.9 Å². The average molecular weight is 468 g/mol. The van der Waals surface area contributed by atoms with Gasteiger partial charge in [-0.1, -0.05) is 0 Å². The van der Waals surface area contributed by atoms with Crippen molar-refractivity contribution >= 4 is 29.0 Å². The third kappa shape index (κ3) is 5.76. The summed E-state index contributed by atoms with van der Waals surface area (Å²) in [5, 5.41) is 36.7. The molecule has 0 unspecified atom stereocenters. The molecule has 0 atom stereocenters. The smallest absolute Gasteiger partial charge is 0.301 e. The van der Waals surface area contributed by atoms with Gasteiger partial charge in [-0.25, -0.2) is 4.98 Å². The maximum absolute atomic E-state index is 11.2. The topological polar surface area (TPSA) is 185 Å². The van der Waals surface area contributed by atoms with Gasteiger partial charge in [-0.2, -0.15) is 5.10 Å². The highest BCUT2D eigenvalue weighted by Gasteiger charge is 2.19. The standard InChI is InChI=1S/C20H16N6O8/c1-2-33-19-9-13(3-7-18(19)34-20-8-5-15(12-21-20)25(29)30)11-22-23-16-6-4-14(24(27)28)10-17(16)26(31)32/h3-12,23H,2H2,1H3/b22-11+. The molecule has 0 saturated carbocycles. The van der Waals surface area contributed by atoms with Crippen LogP contribution in [0.5, 0.6) is 17.4 Å². The first-order chi connectivity index (χ1) is 16.3. The number of nitro groups is 3. The van der Waals surface area contributed by atoms with Gasteiger partial charge in [0.25, 0.3) is 11.4 Å². The van der Waals surface area contributed by atoms with Crippen LogP contribution in [0.15, 0.2) is 59.8 Å². The first kappa shape index (κ1) is 23.5. The zero-order valence-corrected chi connectivity index (χ0v) is 17.5. The Morgan fingerprint density at radius 1 is 0.941 bits per heavy atom. The molecule has 0 radical (unpaired) electrons. The van der Waals surface area contributed by atoms with Crippen molar-refractivity contribution in [1.29, 1.82) is 0 Å². The molecular formula is C20H16N6O8. The maximum atomic E-state index is 11.2. The molecule has 0 spiro atoms. The van der Waals surface area contributed by atoms with E-state index in [4.69, 9.17) is 9.47 Å². The Kier molecular flexibility index (Phi) is 7.23. The summed E-state index contributed by atoms with van der Waals surface area (Å²) < 4.78 is 11.2. The van der Waals surface area contributed by atoms with Crippen molar-refractivity contribution in [2.24, 2.45) is 5.10 Å². The number of hydrogen-bond acceptors (Lipinski definition) is 11. The quantitative estimate of drug-likeness (QED) is 0.253. The van der Waals surface area contributed by atoms with Crippen molar-refractivity contribution < 1.29 is 24.2 Å². The van der Waals surface area contributed by atoms with Gasteiger partial charge in [-0.3, -0.25) is 35.8 Å². The molecule has 0 amide bonds. The van der Waals surface area contributed by atoms with Gasteiger partial charge < -0.3 is 9.47 Å². The van der Waals surface area contributed by atoms with Crippen molar-refractivity contribution in [2.45, 2.75) is 6.92 Å². The average Bonchev–Trinajstić information content (AvgIpc) is 2.81. The van der Waals surface area contributed by atoms with Crippen LogP contribution in [-0.2, 0) is 0 Å². The number of rotatable bonds is 10. The van der Waals surface area contributed by atoms with Gasteiger partial charge in [0.05, 0.1) is 33.7 Å². The van der Waals surface area contributed by atoms with E-state index in [9.17, 15) is 30.3 Å². The molecule has 3 aromatic rings.